The second-order valence-electron chi connectivity index (χ2n) is 5.86. The molecule has 0 saturated heterocycles. The highest BCUT2D eigenvalue weighted by Gasteiger charge is 2.16. The average molecular weight is 379 g/mol. The Hall–Kier alpha value is -2.04. The largest absolute Gasteiger partial charge is 0.325 e. The SMILES string of the molecule is CC(=O)N(CCC(=O)Nc1cccc(Cl)c1Cl)c1ccc(C)cc1C. The van der Waals surface area contributed by atoms with Crippen molar-refractivity contribution in [2.45, 2.75) is 27.2 Å². The van der Waals surface area contributed by atoms with E-state index >= 15 is 0 Å². The van der Waals surface area contributed by atoms with Gasteiger partial charge in [-0.1, -0.05) is 47.0 Å². The molecule has 0 heterocycles. The zero-order valence-corrected chi connectivity index (χ0v) is 15.9. The van der Waals surface area contributed by atoms with Gasteiger partial charge in [-0.2, -0.15) is 0 Å². The molecule has 0 fully saturated rings. The molecule has 132 valence electrons. The Morgan fingerprint density at radius 3 is 2.48 bits per heavy atom. The van der Waals surface area contributed by atoms with E-state index in [0.29, 0.717) is 15.7 Å². The zero-order valence-electron chi connectivity index (χ0n) is 14.4. The molecule has 0 saturated carbocycles. The van der Waals surface area contributed by atoms with Crippen LogP contribution < -0.4 is 10.2 Å². The van der Waals surface area contributed by atoms with E-state index in [9.17, 15) is 9.59 Å². The smallest absolute Gasteiger partial charge is 0.226 e. The van der Waals surface area contributed by atoms with E-state index in [1.165, 1.54) is 6.92 Å². The maximum Gasteiger partial charge on any atom is 0.226 e. The summed E-state index contributed by atoms with van der Waals surface area (Å²) in [6.45, 7) is 5.72. The van der Waals surface area contributed by atoms with Crippen molar-refractivity contribution in [3.05, 3.63) is 57.6 Å². The highest BCUT2D eigenvalue weighted by Crippen LogP contribution is 2.29. The molecule has 0 aromatic heterocycles. The first-order valence-corrected chi connectivity index (χ1v) is 8.64. The standard InChI is InChI=1S/C19H20Cl2N2O2/c1-12-7-8-17(13(2)11-12)23(14(3)24)10-9-18(25)22-16-6-4-5-15(20)19(16)21/h4-8,11H,9-10H2,1-3H3,(H,22,25). The maximum atomic E-state index is 12.2. The molecule has 0 aliphatic heterocycles. The van der Waals surface area contributed by atoms with Gasteiger partial charge in [-0.05, 0) is 37.6 Å². The topological polar surface area (TPSA) is 49.4 Å². The quantitative estimate of drug-likeness (QED) is 0.796. The first kappa shape index (κ1) is 19.3. The fourth-order valence-corrected chi connectivity index (χ4v) is 2.93. The van der Waals surface area contributed by atoms with Gasteiger partial charge in [-0.15, -0.1) is 0 Å². The lowest BCUT2D eigenvalue weighted by atomic mass is 10.1. The van der Waals surface area contributed by atoms with E-state index in [4.69, 9.17) is 23.2 Å². The number of anilines is 2. The molecule has 2 rings (SSSR count). The van der Waals surface area contributed by atoms with Gasteiger partial charge in [0.15, 0.2) is 0 Å². The molecule has 2 aromatic rings. The number of rotatable bonds is 5. The molecule has 0 aliphatic carbocycles. The normalized spacial score (nSPS) is 10.4. The number of benzene rings is 2. The molecule has 2 aromatic carbocycles. The molecule has 0 atom stereocenters. The number of nitrogens with zero attached hydrogens (tertiary/aromatic N) is 1. The van der Waals surface area contributed by atoms with Crippen LogP contribution in [0.1, 0.15) is 24.5 Å². The van der Waals surface area contributed by atoms with E-state index in [2.05, 4.69) is 5.32 Å². The number of nitrogens with one attached hydrogen (secondary N) is 1. The Kier molecular flexibility index (Phi) is 6.45. The fraction of sp³-hybridized carbons (Fsp3) is 0.263. The lowest BCUT2D eigenvalue weighted by molar-refractivity contribution is -0.117. The molecular weight excluding hydrogens is 359 g/mol. The minimum atomic E-state index is -0.236. The third-order valence-corrected chi connectivity index (χ3v) is 4.63. The third kappa shape index (κ3) is 4.97. The number of amides is 2. The molecule has 1 N–H and O–H groups in total. The van der Waals surface area contributed by atoms with Gasteiger partial charge in [0, 0.05) is 25.6 Å². The summed E-state index contributed by atoms with van der Waals surface area (Å²) in [4.78, 5) is 25.8. The number of halogens is 2. The molecule has 0 bridgehead atoms. The van der Waals surface area contributed by atoms with Crippen LogP contribution in [0.2, 0.25) is 10.0 Å². The van der Waals surface area contributed by atoms with E-state index in [1.807, 2.05) is 32.0 Å². The van der Waals surface area contributed by atoms with E-state index in [0.717, 1.165) is 16.8 Å². The van der Waals surface area contributed by atoms with Crippen LogP contribution in [0.25, 0.3) is 0 Å². The van der Waals surface area contributed by atoms with Crippen LogP contribution >= 0.6 is 23.2 Å². The fourth-order valence-electron chi connectivity index (χ4n) is 2.58. The summed E-state index contributed by atoms with van der Waals surface area (Å²) in [5.41, 5.74) is 3.39. The minimum Gasteiger partial charge on any atom is -0.325 e. The molecule has 0 radical (unpaired) electrons. The van der Waals surface area contributed by atoms with Crippen LogP contribution in [0.15, 0.2) is 36.4 Å². The molecule has 6 heteroatoms. The summed E-state index contributed by atoms with van der Waals surface area (Å²) in [5, 5.41) is 3.40. The van der Waals surface area contributed by atoms with Gasteiger partial charge in [0.1, 0.15) is 0 Å². The minimum absolute atomic E-state index is 0.111. The van der Waals surface area contributed by atoms with E-state index < -0.39 is 0 Å². The molecule has 0 unspecified atom stereocenters. The van der Waals surface area contributed by atoms with Crippen LogP contribution in [0.5, 0.6) is 0 Å². The summed E-state index contributed by atoms with van der Waals surface area (Å²) in [7, 11) is 0. The molecule has 4 nitrogen and oxygen atoms in total. The number of aryl methyl sites for hydroxylation is 2. The summed E-state index contributed by atoms with van der Waals surface area (Å²) in [6.07, 6.45) is 0.149. The van der Waals surface area contributed by atoms with Crippen molar-refractivity contribution in [2.24, 2.45) is 0 Å². The van der Waals surface area contributed by atoms with Crippen LogP contribution in [0.3, 0.4) is 0 Å². The van der Waals surface area contributed by atoms with Crippen LogP contribution in [-0.4, -0.2) is 18.4 Å². The monoisotopic (exact) mass is 378 g/mol. The van der Waals surface area contributed by atoms with Crippen molar-refractivity contribution < 1.29 is 9.59 Å². The van der Waals surface area contributed by atoms with Crippen molar-refractivity contribution in [3.8, 4) is 0 Å². The first-order valence-electron chi connectivity index (χ1n) is 7.89. The second-order valence-corrected chi connectivity index (χ2v) is 6.65. The van der Waals surface area contributed by atoms with Gasteiger partial charge >= 0.3 is 0 Å². The molecule has 0 aliphatic rings. The van der Waals surface area contributed by atoms with Gasteiger partial charge in [-0.25, -0.2) is 0 Å². The summed E-state index contributed by atoms with van der Waals surface area (Å²) in [5.74, 6) is -0.347. The first-order chi connectivity index (χ1) is 11.8. The highest BCUT2D eigenvalue weighted by atomic mass is 35.5. The second kappa shape index (κ2) is 8.37. The lowest BCUT2D eigenvalue weighted by Gasteiger charge is -2.23. The molecule has 25 heavy (non-hydrogen) atoms. The average Bonchev–Trinajstić information content (AvgIpc) is 2.53. The molecule has 2 amide bonds. The van der Waals surface area contributed by atoms with E-state index in [1.54, 1.807) is 23.1 Å². The Balaban J connectivity index is 2.07. The summed E-state index contributed by atoms with van der Waals surface area (Å²) in [6, 6.07) is 10.9. The van der Waals surface area contributed by atoms with E-state index in [-0.39, 0.29) is 24.8 Å². The molecular formula is C19H20Cl2N2O2. The van der Waals surface area contributed by atoms with Crippen LogP contribution in [0.4, 0.5) is 11.4 Å². The van der Waals surface area contributed by atoms with Gasteiger partial charge in [0.2, 0.25) is 11.8 Å². The number of carbonyl (C=O) groups excluding carboxylic acids is 2. The number of hydrogen-bond acceptors (Lipinski definition) is 2. The van der Waals surface area contributed by atoms with Gasteiger partial charge in [0.25, 0.3) is 0 Å². The lowest BCUT2D eigenvalue weighted by Crippen LogP contribution is -2.32. The predicted octanol–water partition coefficient (Wildman–Crippen LogP) is 4.99. The van der Waals surface area contributed by atoms with Crippen molar-refractivity contribution >= 4 is 46.4 Å². The van der Waals surface area contributed by atoms with Crippen molar-refractivity contribution in [3.63, 3.8) is 0 Å². The Bertz CT molecular complexity index is 806. The molecule has 0 spiro atoms. The number of carbonyl (C=O) groups is 2. The zero-order chi connectivity index (χ0) is 18.6. The van der Waals surface area contributed by atoms with Crippen molar-refractivity contribution in [1.82, 2.24) is 0 Å². The van der Waals surface area contributed by atoms with Crippen LogP contribution in [0, 0.1) is 13.8 Å². The number of hydrogen-bond donors (Lipinski definition) is 1. The Labute approximate surface area is 157 Å². The third-order valence-electron chi connectivity index (χ3n) is 3.81. The summed E-state index contributed by atoms with van der Waals surface area (Å²) < 4.78 is 0. The van der Waals surface area contributed by atoms with Gasteiger partial charge in [0.05, 0.1) is 15.7 Å². The van der Waals surface area contributed by atoms with Gasteiger partial charge in [-0.3, -0.25) is 9.59 Å². The van der Waals surface area contributed by atoms with Crippen molar-refractivity contribution in [2.75, 3.05) is 16.8 Å². The van der Waals surface area contributed by atoms with Gasteiger partial charge < -0.3 is 10.2 Å². The predicted molar refractivity (Wildman–Crippen MR) is 104 cm³/mol. The maximum absolute atomic E-state index is 12.2. The Morgan fingerprint density at radius 2 is 1.84 bits per heavy atom. The summed E-state index contributed by atoms with van der Waals surface area (Å²) >= 11 is 12.0. The van der Waals surface area contributed by atoms with Crippen LogP contribution in [-0.2, 0) is 9.59 Å². The Morgan fingerprint density at radius 1 is 1.12 bits per heavy atom. The van der Waals surface area contributed by atoms with Crippen molar-refractivity contribution in [1.29, 1.82) is 0 Å². The highest BCUT2D eigenvalue weighted by molar-refractivity contribution is 6.43.